The van der Waals surface area contributed by atoms with Gasteiger partial charge in [0.1, 0.15) is 0 Å². The highest BCUT2D eigenvalue weighted by Crippen LogP contribution is 2.09. The van der Waals surface area contributed by atoms with Crippen molar-refractivity contribution in [1.82, 2.24) is 0 Å². The van der Waals surface area contributed by atoms with Crippen LogP contribution in [-0.4, -0.2) is 26.4 Å². The molecule has 0 radical (unpaired) electrons. The van der Waals surface area contributed by atoms with E-state index < -0.39 is 0 Å². The Morgan fingerprint density at radius 1 is 0.400 bits per heavy atom. The summed E-state index contributed by atoms with van der Waals surface area (Å²) < 4.78 is 11.1. The van der Waals surface area contributed by atoms with Crippen LogP contribution in [0.2, 0.25) is 0 Å². The van der Waals surface area contributed by atoms with Crippen LogP contribution in [0.1, 0.15) is 90.9 Å². The van der Waals surface area contributed by atoms with Crippen molar-refractivity contribution >= 4 is 0 Å². The summed E-state index contributed by atoms with van der Waals surface area (Å²) >= 11 is 0. The van der Waals surface area contributed by atoms with Crippen molar-refractivity contribution in [2.75, 3.05) is 26.4 Å². The third-order valence-electron chi connectivity index (χ3n) is 3.61. The highest BCUT2D eigenvalue weighted by atomic mass is 16.5. The number of hydrogen-bond acceptors (Lipinski definition) is 2. The van der Waals surface area contributed by atoms with Gasteiger partial charge in [-0.15, -0.1) is 0 Å². The molecule has 0 heterocycles. The Morgan fingerprint density at radius 3 is 1.05 bits per heavy atom. The molecule has 0 N–H and O–H groups in total. The maximum absolute atomic E-state index is 5.56. The molecular formula is C18H38O2. The SMILES string of the molecule is CCCCOCCCCCCCCCCOCCCC. The van der Waals surface area contributed by atoms with E-state index in [2.05, 4.69) is 13.8 Å². The zero-order valence-electron chi connectivity index (χ0n) is 14.1. The Morgan fingerprint density at radius 2 is 0.700 bits per heavy atom. The molecule has 2 heteroatoms. The van der Waals surface area contributed by atoms with Crippen LogP contribution in [0.15, 0.2) is 0 Å². The van der Waals surface area contributed by atoms with Gasteiger partial charge in [0.15, 0.2) is 0 Å². The second kappa shape index (κ2) is 18.9. The monoisotopic (exact) mass is 286 g/mol. The minimum atomic E-state index is 0.955. The summed E-state index contributed by atoms with van der Waals surface area (Å²) in [5.41, 5.74) is 0. The third kappa shape index (κ3) is 17.9. The lowest BCUT2D eigenvalue weighted by molar-refractivity contribution is 0.126. The number of unbranched alkanes of at least 4 members (excludes halogenated alkanes) is 9. The van der Waals surface area contributed by atoms with Crippen molar-refractivity contribution in [3.63, 3.8) is 0 Å². The van der Waals surface area contributed by atoms with Gasteiger partial charge in [0.05, 0.1) is 0 Å². The van der Waals surface area contributed by atoms with Gasteiger partial charge in [0.2, 0.25) is 0 Å². The van der Waals surface area contributed by atoms with E-state index in [9.17, 15) is 0 Å². The zero-order valence-corrected chi connectivity index (χ0v) is 14.1. The largest absolute Gasteiger partial charge is 0.381 e. The summed E-state index contributed by atoms with van der Waals surface area (Å²) in [7, 11) is 0. The predicted octanol–water partition coefficient (Wildman–Crippen LogP) is 5.74. The molecule has 122 valence electrons. The predicted molar refractivity (Wildman–Crippen MR) is 88.4 cm³/mol. The van der Waals surface area contributed by atoms with Crippen molar-refractivity contribution in [2.45, 2.75) is 90.9 Å². The number of rotatable bonds is 17. The van der Waals surface area contributed by atoms with Gasteiger partial charge in [-0.2, -0.15) is 0 Å². The molecule has 0 saturated heterocycles. The molecular weight excluding hydrogens is 248 g/mol. The van der Waals surface area contributed by atoms with E-state index in [-0.39, 0.29) is 0 Å². The van der Waals surface area contributed by atoms with Crippen molar-refractivity contribution in [2.24, 2.45) is 0 Å². The quantitative estimate of drug-likeness (QED) is 0.317. The van der Waals surface area contributed by atoms with Crippen LogP contribution >= 0.6 is 0 Å². The summed E-state index contributed by atoms with van der Waals surface area (Å²) in [4.78, 5) is 0. The lowest BCUT2D eigenvalue weighted by Crippen LogP contribution is -1.97. The third-order valence-corrected chi connectivity index (χ3v) is 3.61. The van der Waals surface area contributed by atoms with E-state index in [1.165, 1.54) is 77.0 Å². The molecule has 0 aromatic rings. The van der Waals surface area contributed by atoms with Gasteiger partial charge in [-0.3, -0.25) is 0 Å². The molecule has 0 spiro atoms. The van der Waals surface area contributed by atoms with E-state index >= 15 is 0 Å². The van der Waals surface area contributed by atoms with Gasteiger partial charge in [0, 0.05) is 26.4 Å². The molecule has 20 heavy (non-hydrogen) atoms. The lowest BCUT2D eigenvalue weighted by Gasteiger charge is -2.04. The first-order valence-corrected chi connectivity index (χ1v) is 9.07. The topological polar surface area (TPSA) is 18.5 Å². The molecule has 0 atom stereocenters. The van der Waals surface area contributed by atoms with Crippen LogP contribution in [0.5, 0.6) is 0 Å². The number of ether oxygens (including phenoxy) is 2. The molecule has 0 aliphatic rings. The zero-order chi connectivity index (χ0) is 14.7. The van der Waals surface area contributed by atoms with Crippen LogP contribution in [0.3, 0.4) is 0 Å². The van der Waals surface area contributed by atoms with Crippen LogP contribution in [-0.2, 0) is 9.47 Å². The fourth-order valence-corrected chi connectivity index (χ4v) is 2.17. The summed E-state index contributed by atoms with van der Waals surface area (Å²) in [6.45, 7) is 8.26. The smallest absolute Gasteiger partial charge is 0.0466 e. The summed E-state index contributed by atoms with van der Waals surface area (Å²) in [5.74, 6) is 0. The minimum absolute atomic E-state index is 0.955. The minimum Gasteiger partial charge on any atom is -0.381 e. The highest BCUT2D eigenvalue weighted by Gasteiger charge is 1.94. The average Bonchev–Trinajstić information content (AvgIpc) is 2.47. The molecule has 2 nitrogen and oxygen atoms in total. The Bertz CT molecular complexity index is 141. The molecule has 0 aromatic heterocycles. The summed E-state index contributed by atoms with van der Waals surface area (Å²) in [5, 5.41) is 0. The van der Waals surface area contributed by atoms with Gasteiger partial charge in [0.25, 0.3) is 0 Å². The Hall–Kier alpha value is -0.0800. The van der Waals surface area contributed by atoms with Crippen LogP contribution in [0.25, 0.3) is 0 Å². The normalized spacial score (nSPS) is 11.1. The molecule has 0 aliphatic heterocycles. The molecule has 0 saturated carbocycles. The summed E-state index contributed by atoms with van der Waals surface area (Å²) in [6, 6.07) is 0. The first kappa shape index (κ1) is 19.9. The fraction of sp³-hybridized carbons (Fsp3) is 1.00. The molecule has 0 amide bonds. The second-order valence-electron chi connectivity index (χ2n) is 5.76. The molecule has 0 fully saturated rings. The second-order valence-corrected chi connectivity index (χ2v) is 5.76. The van der Waals surface area contributed by atoms with Crippen LogP contribution in [0, 0.1) is 0 Å². The maximum Gasteiger partial charge on any atom is 0.0466 e. The summed E-state index contributed by atoms with van der Waals surface area (Å²) in [6.07, 6.45) is 15.6. The van der Waals surface area contributed by atoms with E-state index in [1.807, 2.05) is 0 Å². The first-order valence-electron chi connectivity index (χ1n) is 9.07. The average molecular weight is 286 g/mol. The fourth-order valence-electron chi connectivity index (χ4n) is 2.17. The Kier molecular flexibility index (Phi) is 18.8. The van der Waals surface area contributed by atoms with E-state index in [4.69, 9.17) is 9.47 Å². The van der Waals surface area contributed by atoms with Gasteiger partial charge in [-0.1, -0.05) is 65.2 Å². The Labute approximate surface area is 127 Å². The molecule has 0 aliphatic carbocycles. The standard InChI is InChI=1S/C18H38O2/c1-3-5-15-19-17-13-11-9-7-8-10-12-14-18-20-16-6-4-2/h3-18H2,1-2H3. The van der Waals surface area contributed by atoms with Crippen molar-refractivity contribution < 1.29 is 9.47 Å². The molecule has 0 rings (SSSR count). The maximum atomic E-state index is 5.56. The van der Waals surface area contributed by atoms with Crippen molar-refractivity contribution in [3.8, 4) is 0 Å². The van der Waals surface area contributed by atoms with E-state index in [1.54, 1.807) is 0 Å². The molecule has 0 aromatic carbocycles. The number of hydrogen-bond donors (Lipinski definition) is 0. The lowest BCUT2D eigenvalue weighted by atomic mass is 10.1. The first-order chi connectivity index (χ1) is 9.91. The van der Waals surface area contributed by atoms with Gasteiger partial charge >= 0.3 is 0 Å². The van der Waals surface area contributed by atoms with Crippen molar-refractivity contribution in [1.29, 1.82) is 0 Å². The van der Waals surface area contributed by atoms with Crippen LogP contribution < -0.4 is 0 Å². The molecule has 0 bridgehead atoms. The van der Waals surface area contributed by atoms with E-state index in [0.717, 1.165) is 26.4 Å². The Balaban J connectivity index is 2.89. The highest BCUT2D eigenvalue weighted by molar-refractivity contribution is 4.47. The van der Waals surface area contributed by atoms with E-state index in [0.29, 0.717) is 0 Å². The van der Waals surface area contributed by atoms with Crippen LogP contribution in [0.4, 0.5) is 0 Å². The van der Waals surface area contributed by atoms with Gasteiger partial charge in [-0.25, -0.2) is 0 Å². The van der Waals surface area contributed by atoms with Gasteiger partial charge < -0.3 is 9.47 Å². The molecule has 0 unspecified atom stereocenters. The van der Waals surface area contributed by atoms with Crippen molar-refractivity contribution in [3.05, 3.63) is 0 Å². The van der Waals surface area contributed by atoms with Gasteiger partial charge in [-0.05, 0) is 25.7 Å².